The van der Waals surface area contributed by atoms with Crippen LogP contribution in [0.5, 0.6) is 23.2 Å². The van der Waals surface area contributed by atoms with Crippen LogP contribution in [-0.4, -0.2) is 49.2 Å². The SMILES string of the molecule is COc1cc(OC)c(OC)cc1/C=C1/N=C(SCC(=O)c2c([O-])on[n+]2C)N(c2ccccc2)C1=O. The predicted molar refractivity (Wildman–Crippen MR) is 129 cm³/mol. The molecule has 186 valence electrons. The Morgan fingerprint density at radius 2 is 1.78 bits per heavy atom. The van der Waals surface area contributed by atoms with Gasteiger partial charge in [0.05, 0.1) is 38.0 Å². The molecule has 3 aromatic rings. The number of para-hydroxylation sites is 1. The Hall–Kier alpha value is -4.32. The van der Waals surface area contributed by atoms with Gasteiger partial charge < -0.3 is 23.8 Å². The molecule has 0 fully saturated rings. The average molecular weight is 511 g/mol. The fraction of sp³-hybridized carbons (Fsp3) is 0.208. The van der Waals surface area contributed by atoms with E-state index in [1.54, 1.807) is 42.5 Å². The van der Waals surface area contributed by atoms with Crippen molar-refractivity contribution in [2.75, 3.05) is 32.0 Å². The number of carbonyl (C=O) groups excluding carboxylic acids is 2. The van der Waals surface area contributed by atoms with E-state index in [0.29, 0.717) is 28.5 Å². The van der Waals surface area contributed by atoms with E-state index in [1.165, 1.54) is 33.3 Å². The van der Waals surface area contributed by atoms with E-state index in [1.807, 2.05) is 6.07 Å². The maximum atomic E-state index is 13.4. The Kier molecular flexibility index (Phi) is 7.25. The lowest BCUT2D eigenvalue weighted by Crippen LogP contribution is -2.38. The van der Waals surface area contributed by atoms with Crippen molar-refractivity contribution >= 4 is 40.4 Å². The molecule has 1 aliphatic rings. The number of aromatic nitrogens is 2. The Labute approximate surface area is 210 Å². The van der Waals surface area contributed by atoms with E-state index in [-0.39, 0.29) is 22.3 Å². The van der Waals surface area contributed by atoms with Crippen LogP contribution in [0.3, 0.4) is 0 Å². The molecule has 1 aromatic heterocycles. The molecule has 36 heavy (non-hydrogen) atoms. The second-order valence-corrected chi connectivity index (χ2v) is 8.34. The van der Waals surface area contributed by atoms with Gasteiger partial charge in [0.2, 0.25) is 5.78 Å². The maximum Gasteiger partial charge on any atom is 0.300 e. The highest BCUT2D eigenvalue weighted by Crippen LogP contribution is 2.37. The van der Waals surface area contributed by atoms with E-state index < -0.39 is 17.6 Å². The van der Waals surface area contributed by atoms with Gasteiger partial charge in [0, 0.05) is 11.6 Å². The number of aryl methyl sites for hydroxylation is 1. The summed E-state index contributed by atoms with van der Waals surface area (Å²) in [6.07, 6.45) is 1.57. The number of rotatable bonds is 8. The zero-order valence-electron chi connectivity index (χ0n) is 19.9. The van der Waals surface area contributed by atoms with Gasteiger partial charge in [-0.2, -0.15) is 0 Å². The van der Waals surface area contributed by atoms with Gasteiger partial charge in [0.25, 0.3) is 11.6 Å². The van der Waals surface area contributed by atoms with Gasteiger partial charge in [-0.1, -0.05) is 34.6 Å². The first-order valence-corrected chi connectivity index (χ1v) is 11.5. The number of methoxy groups -OCH3 is 3. The molecule has 2 heterocycles. The van der Waals surface area contributed by atoms with E-state index in [4.69, 9.17) is 14.2 Å². The average Bonchev–Trinajstić information content (AvgIpc) is 3.40. The van der Waals surface area contributed by atoms with E-state index in [0.717, 1.165) is 16.4 Å². The third-order valence-corrected chi connectivity index (χ3v) is 6.17. The van der Waals surface area contributed by atoms with Crippen molar-refractivity contribution in [3.05, 3.63) is 59.4 Å². The zero-order chi connectivity index (χ0) is 25.8. The molecule has 0 atom stereocenters. The summed E-state index contributed by atoms with van der Waals surface area (Å²) in [6.45, 7) is 0. The van der Waals surface area contributed by atoms with Gasteiger partial charge in [-0.15, -0.1) is 0 Å². The van der Waals surface area contributed by atoms with Crippen LogP contribution >= 0.6 is 11.8 Å². The predicted octanol–water partition coefficient (Wildman–Crippen LogP) is 1.96. The summed E-state index contributed by atoms with van der Waals surface area (Å²) in [5.74, 6) is -0.508. The number of ether oxygens (including phenoxy) is 3. The van der Waals surface area contributed by atoms with Gasteiger partial charge >= 0.3 is 0 Å². The number of hydrogen-bond acceptors (Lipinski definition) is 10. The molecular formula is C24H22N4O7S. The van der Waals surface area contributed by atoms with Gasteiger partial charge in [0.15, 0.2) is 29.7 Å². The minimum Gasteiger partial charge on any atom is -0.539 e. The van der Waals surface area contributed by atoms with Crippen LogP contribution in [0.4, 0.5) is 5.69 Å². The van der Waals surface area contributed by atoms with Crippen molar-refractivity contribution in [2.24, 2.45) is 12.0 Å². The summed E-state index contributed by atoms with van der Waals surface area (Å²) in [5.41, 5.74) is 1.05. The molecule has 11 nitrogen and oxygen atoms in total. The molecule has 0 spiro atoms. The van der Waals surface area contributed by atoms with E-state index >= 15 is 0 Å². The minimum absolute atomic E-state index is 0.124. The Bertz CT molecular complexity index is 1350. The van der Waals surface area contributed by atoms with Gasteiger partial charge in [-0.05, 0) is 24.3 Å². The van der Waals surface area contributed by atoms with Crippen LogP contribution in [0.1, 0.15) is 16.1 Å². The third-order valence-electron chi connectivity index (χ3n) is 5.23. The molecule has 0 saturated carbocycles. The van der Waals surface area contributed by atoms with Crippen LogP contribution in [-0.2, 0) is 11.8 Å². The summed E-state index contributed by atoms with van der Waals surface area (Å²) in [4.78, 5) is 32.0. The number of anilines is 1. The Morgan fingerprint density at radius 3 is 2.39 bits per heavy atom. The summed E-state index contributed by atoms with van der Waals surface area (Å²) < 4.78 is 21.8. The topological polar surface area (TPSA) is 130 Å². The van der Waals surface area contributed by atoms with Crippen LogP contribution in [0.15, 0.2) is 57.7 Å². The van der Waals surface area contributed by atoms with E-state index in [2.05, 4.69) is 14.8 Å². The standard InChI is InChI=1S/C24H22N4O7S/c1-27-21(23(31)35-26-27)17(29)13-36-24-25-16(22(30)28(24)15-8-6-5-7-9-15)10-14-11-19(33-3)20(34-4)12-18(14)32-2/h5-12H,13H2,1-4H3/b16-10+. The molecule has 4 rings (SSSR count). The number of aliphatic imine (C=N–C) groups is 1. The molecule has 0 N–H and O–H groups in total. The second kappa shape index (κ2) is 10.5. The number of carbonyl (C=O) groups is 2. The Balaban J connectivity index is 1.71. The van der Waals surface area contributed by atoms with Crippen molar-refractivity contribution in [1.29, 1.82) is 0 Å². The third kappa shape index (κ3) is 4.75. The zero-order valence-corrected chi connectivity index (χ0v) is 20.7. The molecule has 0 aliphatic carbocycles. The molecule has 0 unspecified atom stereocenters. The second-order valence-electron chi connectivity index (χ2n) is 7.39. The fourth-order valence-corrected chi connectivity index (χ4v) is 4.40. The van der Waals surface area contributed by atoms with Crippen molar-refractivity contribution in [1.82, 2.24) is 5.27 Å². The highest BCUT2D eigenvalue weighted by Gasteiger charge is 2.34. The van der Waals surface area contributed by atoms with E-state index in [9.17, 15) is 14.7 Å². The number of Topliss-reactive ketones (excluding diaryl/α,β-unsaturated/α-hetero) is 1. The Morgan fingerprint density at radius 1 is 1.11 bits per heavy atom. The molecule has 1 amide bonds. The maximum absolute atomic E-state index is 13.4. The van der Waals surface area contributed by atoms with Crippen LogP contribution in [0, 0.1) is 0 Å². The highest BCUT2D eigenvalue weighted by molar-refractivity contribution is 8.14. The lowest BCUT2D eigenvalue weighted by molar-refractivity contribution is -0.741. The quantitative estimate of drug-likeness (QED) is 0.254. The molecule has 0 saturated heterocycles. The molecule has 0 radical (unpaired) electrons. The number of thioether (sulfide) groups is 1. The molecule has 0 bridgehead atoms. The van der Waals surface area contributed by atoms with Gasteiger partial charge in [0.1, 0.15) is 11.4 Å². The molecule has 2 aromatic carbocycles. The smallest absolute Gasteiger partial charge is 0.300 e. The molecular weight excluding hydrogens is 488 g/mol. The normalized spacial score (nSPS) is 14.2. The number of benzene rings is 2. The summed E-state index contributed by atoms with van der Waals surface area (Å²) in [5, 5.41) is 15.5. The van der Waals surface area contributed by atoms with Crippen molar-refractivity contribution in [3.63, 3.8) is 0 Å². The number of amides is 1. The lowest BCUT2D eigenvalue weighted by Gasteiger charge is -2.17. The van der Waals surface area contributed by atoms with Crippen LogP contribution < -0.4 is 28.9 Å². The number of amidine groups is 1. The minimum atomic E-state index is -0.825. The first-order valence-electron chi connectivity index (χ1n) is 10.6. The summed E-state index contributed by atoms with van der Waals surface area (Å²) in [7, 11) is 5.96. The first-order chi connectivity index (χ1) is 17.4. The summed E-state index contributed by atoms with van der Waals surface area (Å²) in [6, 6.07) is 12.2. The lowest BCUT2D eigenvalue weighted by atomic mass is 10.1. The van der Waals surface area contributed by atoms with Crippen molar-refractivity contribution < 1.29 is 38.1 Å². The number of hydrogen-bond donors (Lipinski definition) is 0. The molecule has 12 heteroatoms. The van der Waals surface area contributed by atoms with Crippen molar-refractivity contribution in [3.8, 4) is 23.2 Å². The highest BCUT2D eigenvalue weighted by atomic mass is 32.2. The fourth-order valence-electron chi connectivity index (χ4n) is 3.52. The number of ketones is 1. The summed E-state index contributed by atoms with van der Waals surface area (Å²) >= 11 is 1.02. The molecule has 1 aliphatic heterocycles. The van der Waals surface area contributed by atoms with Gasteiger partial charge in [-0.25, -0.2) is 4.99 Å². The largest absolute Gasteiger partial charge is 0.539 e. The monoisotopic (exact) mass is 510 g/mol. The van der Waals surface area contributed by atoms with Crippen molar-refractivity contribution in [2.45, 2.75) is 0 Å². The van der Waals surface area contributed by atoms with Crippen LogP contribution in [0.2, 0.25) is 0 Å². The first kappa shape index (κ1) is 24.8. The van der Waals surface area contributed by atoms with Gasteiger partial charge in [-0.3, -0.25) is 14.5 Å². The van der Waals surface area contributed by atoms with Crippen LogP contribution in [0.25, 0.3) is 6.08 Å². The number of nitrogens with zero attached hydrogens (tertiary/aromatic N) is 4.